The number of hydrogen-bond acceptors (Lipinski definition) is 1. The van der Waals surface area contributed by atoms with Crippen molar-refractivity contribution >= 4 is 5.78 Å². The zero-order valence-corrected chi connectivity index (χ0v) is 8.26. The van der Waals surface area contributed by atoms with Crippen LogP contribution in [0.1, 0.15) is 40.0 Å². The number of carbonyl (C=O) groups excluding carboxylic acids is 1. The molecule has 0 saturated heterocycles. The highest BCUT2D eigenvalue weighted by molar-refractivity contribution is 5.84. The fourth-order valence-corrected chi connectivity index (χ4v) is 1.76. The van der Waals surface area contributed by atoms with Crippen molar-refractivity contribution < 1.29 is 4.79 Å². The Labute approximate surface area is 74.9 Å². The summed E-state index contributed by atoms with van der Waals surface area (Å²) in [6.07, 6.45) is 5.23. The van der Waals surface area contributed by atoms with Gasteiger partial charge >= 0.3 is 0 Å². The molecule has 1 saturated carbocycles. The van der Waals surface area contributed by atoms with E-state index < -0.39 is 0 Å². The molecule has 1 aliphatic carbocycles. The highest BCUT2D eigenvalue weighted by atomic mass is 16.1. The summed E-state index contributed by atoms with van der Waals surface area (Å²) in [5, 5.41) is 0. The molecule has 1 atom stereocenters. The Hall–Kier alpha value is -0.590. The second-order valence-electron chi connectivity index (χ2n) is 4.03. The summed E-state index contributed by atoms with van der Waals surface area (Å²) >= 11 is 0. The predicted octanol–water partition coefficient (Wildman–Crippen LogP) is 2.96. The summed E-state index contributed by atoms with van der Waals surface area (Å²) in [5.41, 5.74) is 1.36. The molecule has 0 radical (unpaired) electrons. The lowest BCUT2D eigenvalue weighted by Gasteiger charge is -2.21. The van der Waals surface area contributed by atoms with Gasteiger partial charge in [0.2, 0.25) is 0 Å². The molecule has 0 heterocycles. The van der Waals surface area contributed by atoms with Crippen LogP contribution in [0, 0.1) is 11.8 Å². The molecule has 0 aliphatic heterocycles. The van der Waals surface area contributed by atoms with Crippen LogP contribution < -0.4 is 0 Å². The Morgan fingerprint density at radius 3 is 2.67 bits per heavy atom. The summed E-state index contributed by atoms with van der Waals surface area (Å²) in [5.74, 6) is 1.20. The van der Waals surface area contributed by atoms with Crippen molar-refractivity contribution in [3.8, 4) is 0 Å². The Morgan fingerprint density at radius 1 is 1.42 bits per heavy atom. The van der Waals surface area contributed by atoms with E-state index in [4.69, 9.17) is 0 Å². The number of carbonyl (C=O) groups is 1. The van der Waals surface area contributed by atoms with Crippen molar-refractivity contribution in [3.05, 3.63) is 11.6 Å². The topological polar surface area (TPSA) is 17.1 Å². The summed E-state index contributed by atoms with van der Waals surface area (Å²) in [7, 11) is 0. The third kappa shape index (κ3) is 2.20. The van der Waals surface area contributed by atoms with E-state index in [9.17, 15) is 4.79 Å². The number of rotatable bonds is 1. The lowest BCUT2D eigenvalue weighted by Crippen LogP contribution is -2.18. The molecular formula is C11H18O. The van der Waals surface area contributed by atoms with Gasteiger partial charge < -0.3 is 0 Å². The van der Waals surface area contributed by atoms with E-state index in [1.165, 1.54) is 5.57 Å². The summed E-state index contributed by atoms with van der Waals surface area (Å²) in [6, 6.07) is 0. The van der Waals surface area contributed by atoms with Crippen LogP contribution in [0.25, 0.3) is 0 Å². The van der Waals surface area contributed by atoms with Gasteiger partial charge in [0.05, 0.1) is 0 Å². The van der Waals surface area contributed by atoms with Crippen molar-refractivity contribution in [2.24, 2.45) is 11.8 Å². The maximum Gasteiger partial charge on any atom is 0.139 e. The van der Waals surface area contributed by atoms with E-state index in [0.29, 0.717) is 11.7 Å². The third-order valence-electron chi connectivity index (χ3n) is 2.48. The quantitative estimate of drug-likeness (QED) is 0.547. The normalized spacial score (nSPS) is 28.5. The molecule has 0 aromatic rings. The largest absolute Gasteiger partial charge is 0.299 e. The van der Waals surface area contributed by atoms with Crippen LogP contribution in [-0.4, -0.2) is 5.78 Å². The van der Waals surface area contributed by atoms with Crippen molar-refractivity contribution in [2.75, 3.05) is 0 Å². The molecular weight excluding hydrogens is 148 g/mol. The molecule has 0 spiro atoms. The fourth-order valence-electron chi connectivity index (χ4n) is 1.76. The summed E-state index contributed by atoms with van der Waals surface area (Å²) < 4.78 is 0. The van der Waals surface area contributed by atoms with Crippen LogP contribution in [0.4, 0.5) is 0 Å². The predicted molar refractivity (Wildman–Crippen MR) is 50.9 cm³/mol. The van der Waals surface area contributed by atoms with Crippen molar-refractivity contribution in [1.82, 2.24) is 0 Å². The molecule has 12 heavy (non-hydrogen) atoms. The summed E-state index contributed by atoms with van der Waals surface area (Å²) in [4.78, 5) is 11.3. The highest BCUT2D eigenvalue weighted by Crippen LogP contribution is 2.27. The van der Waals surface area contributed by atoms with Crippen molar-refractivity contribution in [2.45, 2.75) is 40.0 Å². The molecule has 1 nitrogen and oxygen atoms in total. The molecule has 0 bridgehead atoms. The van der Waals surface area contributed by atoms with Gasteiger partial charge in [-0.2, -0.15) is 0 Å². The first kappa shape index (κ1) is 9.50. The number of Topliss-reactive ketones (excluding diaryl/α,β-unsaturated/α-hetero) is 1. The SMILES string of the molecule is CC(C)/C=C1/CCCC(=O)C1C. The molecule has 0 aromatic heterocycles. The molecule has 1 rings (SSSR count). The van der Waals surface area contributed by atoms with Gasteiger partial charge in [0.15, 0.2) is 0 Å². The molecule has 0 N–H and O–H groups in total. The van der Waals surface area contributed by atoms with Crippen LogP contribution in [-0.2, 0) is 4.79 Å². The Balaban J connectivity index is 2.70. The number of hydrogen-bond donors (Lipinski definition) is 0. The lowest BCUT2D eigenvalue weighted by atomic mass is 9.83. The molecule has 1 heteroatoms. The number of allylic oxidation sites excluding steroid dienone is 2. The Kier molecular flexibility index (Phi) is 3.07. The molecule has 1 fully saturated rings. The standard InChI is InChI=1S/C11H18O/c1-8(2)7-10-5-4-6-11(12)9(10)3/h7-9H,4-6H2,1-3H3/b10-7-. The van der Waals surface area contributed by atoms with E-state index in [1.807, 2.05) is 6.92 Å². The first-order chi connectivity index (χ1) is 5.61. The van der Waals surface area contributed by atoms with E-state index in [2.05, 4.69) is 19.9 Å². The van der Waals surface area contributed by atoms with Gasteiger partial charge in [-0.25, -0.2) is 0 Å². The first-order valence-corrected chi connectivity index (χ1v) is 4.84. The summed E-state index contributed by atoms with van der Waals surface area (Å²) in [6.45, 7) is 6.37. The minimum absolute atomic E-state index is 0.196. The average Bonchev–Trinajstić information content (AvgIpc) is 1.98. The molecule has 1 unspecified atom stereocenters. The molecule has 1 aliphatic rings. The van der Waals surface area contributed by atoms with Crippen LogP contribution in [0.3, 0.4) is 0 Å². The van der Waals surface area contributed by atoms with Gasteiger partial charge in [-0.05, 0) is 18.8 Å². The van der Waals surface area contributed by atoms with Crippen LogP contribution >= 0.6 is 0 Å². The van der Waals surface area contributed by atoms with Crippen molar-refractivity contribution in [3.63, 3.8) is 0 Å². The maximum atomic E-state index is 11.3. The second kappa shape index (κ2) is 3.88. The smallest absolute Gasteiger partial charge is 0.139 e. The Bertz CT molecular complexity index is 201. The lowest BCUT2D eigenvalue weighted by molar-refractivity contribution is -0.122. The highest BCUT2D eigenvalue weighted by Gasteiger charge is 2.21. The first-order valence-electron chi connectivity index (χ1n) is 4.84. The molecule has 0 aromatic carbocycles. The minimum atomic E-state index is 0.196. The average molecular weight is 166 g/mol. The monoisotopic (exact) mass is 166 g/mol. The Morgan fingerprint density at radius 2 is 2.08 bits per heavy atom. The van der Waals surface area contributed by atoms with Crippen molar-refractivity contribution in [1.29, 1.82) is 0 Å². The third-order valence-corrected chi connectivity index (χ3v) is 2.48. The second-order valence-corrected chi connectivity index (χ2v) is 4.03. The van der Waals surface area contributed by atoms with Crippen LogP contribution in [0.5, 0.6) is 0 Å². The van der Waals surface area contributed by atoms with E-state index in [1.54, 1.807) is 0 Å². The number of ketones is 1. The minimum Gasteiger partial charge on any atom is -0.299 e. The maximum absolute atomic E-state index is 11.3. The van der Waals surface area contributed by atoms with Gasteiger partial charge in [0.25, 0.3) is 0 Å². The van der Waals surface area contributed by atoms with E-state index in [0.717, 1.165) is 19.3 Å². The molecule has 68 valence electrons. The van der Waals surface area contributed by atoms with Crippen LogP contribution in [0.2, 0.25) is 0 Å². The molecule has 0 amide bonds. The van der Waals surface area contributed by atoms with Gasteiger partial charge in [0, 0.05) is 12.3 Å². The fraction of sp³-hybridized carbons (Fsp3) is 0.727. The van der Waals surface area contributed by atoms with Gasteiger partial charge in [-0.1, -0.05) is 32.4 Å². The van der Waals surface area contributed by atoms with Gasteiger partial charge in [-0.3, -0.25) is 4.79 Å². The van der Waals surface area contributed by atoms with Gasteiger partial charge in [0.1, 0.15) is 5.78 Å². The van der Waals surface area contributed by atoms with E-state index >= 15 is 0 Å². The van der Waals surface area contributed by atoms with Crippen LogP contribution in [0.15, 0.2) is 11.6 Å². The zero-order valence-electron chi connectivity index (χ0n) is 8.26. The van der Waals surface area contributed by atoms with E-state index in [-0.39, 0.29) is 5.92 Å². The zero-order chi connectivity index (χ0) is 9.14. The van der Waals surface area contributed by atoms with Gasteiger partial charge in [-0.15, -0.1) is 0 Å².